The third-order valence-electron chi connectivity index (χ3n) is 1.49. The average Bonchev–Trinajstić information content (AvgIpc) is 2.03. The van der Waals surface area contributed by atoms with Crippen LogP contribution in [0.3, 0.4) is 0 Å². The van der Waals surface area contributed by atoms with Gasteiger partial charge in [-0.1, -0.05) is 27.7 Å². The molecule has 0 saturated heterocycles. The Morgan fingerprint density at radius 3 is 1.43 bits per heavy atom. The monoisotopic (exact) mass is 202 g/mol. The third-order valence-corrected chi connectivity index (χ3v) is 1.49. The molecule has 0 spiro atoms. The van der Waals surface area contributed by atoms with Crippen LogP contribution in [0.4, 0.5) is 0 Å². The fourth-order valence-electron chi connectivity index (χ4n) is 0.870. The summed E-state index contributed by atoms with van der Waals surface area (Å²) in [4.78, 5) is 20.7. The Morgan fingerprint density at radius 2 is 1.43 bits per heavy atom. The van der Waals surface area contributed by atoms with E-state index in [0.29, 0.717) is 12.4 Å². The molecule has 0 rings (SSSR count). The topological polar surface area (TPSA) is 43.4 Å². The summed E-state index contributed by atoms with van der Waals surface area (Å²) in [6.45, 7) is 11.4. The molecule has 0 bridgehead atoms. The Hall–Kier alpha value is -0.860. The molecule has 0 aliphatic carbocycles. The molecule has 0 amide bonds. The lowest BCUT2D eigenvalue weighted by Gasteiger charge is -2.05. The quantitative estimate of drug-likeness (QED) is 0.660. The van der Waals surface area contributed by atoms with Gasteiger partial charge in [0.1, 0.15) is 5.78 Å². The molecule has 84 valence electrons. The highest BCUT2D eigenvalue weighted by Crippen LogP contribution is 2.03. The number of ether oxygens (including phenoxy) is 1. The van der Waals surface area contributed by atoms with Crippen molar-refractivity contribution in [2.24, 2.45) is 11.8 Å². The van der Waals surface area contributed by atoms with Crippen LogP contribution in [0.25, 0.3) is 0 Å². The molecular weight excluding hydrogens is 180 g/mol. The molecule has 3 heteroatoms. The van der Waals surface area contributed by atoms with E-state index in [2.05, 4.69) is 4.74 Å². The first-order valence-corrected chi connectivity index (χ1v) is 4.99. The minimum Gasteiger partial charge on any atom is -0.466 e. The number of rotatable bonds is 3. The van der Waals surface area contributed by atoms with Crippen molar-refractivity contribution in [3.05, 3.63) is 0 Å². The van der Waals surface area contributed by atoms with E-state index < -0.39 is 0 Å². The van der Waals surface area contributed by atoms with Crippen molar-refractivity contribution in [3.8, 4) is 0 Å². The van der Waals surface area contributed by atoms with Crippen molar-refractivity contribution in [2.45, 2.75) is 41.5 Å². The zero-order valence-electron chi connectivity index (χ0n) is 10.1. The summed E-state index contributed by atoms with van der Waals surface area (Å²) in [5.41, 5.74) is 0. The molecule has 0 saturated carbocycles. The van der Waals surface area contributed by atoms with E-state index in [4.69, 9.17) is 0 Å². The predicted molar refractivity (Wildman–Crippen MR) is 57.0 cm³/mol. The molecule has 0 aromatic rings. The highest BCUT2D eigenvalue weighted by molar-refractivity contribution is 5.81. The summed E-state index contributed by atoms with van der Waals surface area (Å²) in [5, 5.41) is 0. The van der Waals surface area contributed by atoms with Crippen LogP contribution in [0.1, 0.15) is 41.5 Å². The van der Waals surface area contributed by atoms with Crippen molar-refractivity contribution in [1.82, 2.24) is 0 Å². The summed E-state index contributed by atoms with van der Waals surface area (Å²) in [6.07, 6.45) is 0. The maximum atomic E-state index is 10.8. The first-order valence-electron chi connectivity index (χ1n) is 4.99. The lowest BCUT2D eigenvalue weighted by molar-refractivity contribution is -0.140. The minimum atomic E-state index is -0.211. The van der Waals surface area contributed by atoms with Crippen LogP contribution in [0, 0.1) is 11.8 Å². The van der Waals surface area contributed by atoms with E-state index in [0.717, 1.165) is 0 Å². The summed E-state index contributed by atoms with van der Waals surface area (Å²) in [7, 11) is 0. The van der Waals surface area contributed by atoms with Gasteiger partial charge in [0.05, 0.1) is 6.61 Å². The van der Waals surface area contributed by atoms with Gasteiger partial charge in [-0.15, -0.1) is 0 Å². The van der Waals surface area contributed by atoms with Gasteiger partial charge in [0.2, 0.25) is 0 Å². The van der Waals surface area contributed by atoms with E-state index in [1.165, 1.54) is 6.92 Å². The maximum absolute atomic E-state index is 10.8. The van der Waals surface area contributed by atoms with E-state index in [9.17, 15) is 9.59 Å². The molecule has 3 nitrogen and oxygen atoms in total. The number of esters is 1. The predicted octanol–water partition coefficient (Wildman–Crippen LogP) is 2.44. The number of hydrogen-bond acceptors (Lipinski definition) is 3. The van der Waals surface area contributed by atoms with Crippen LogP contribution in [-0.2, 0) is 14.3 Å². The highest BCUT2D eigenvalue weighted by atomic mass is 16.5. The standard InChI is InChI=1S/C7H14O.C4H8O2/c1-5(2)7(8)6(3)4;1-3-6-4(2)5/h5-6H,1-4H3;3H2,1-2H3. The normalized spacial score (nSPS) is 9.43. The van der Waals surface area contributed by atoms with Gasteiger partial charge < -0.3 is 4.74 Å². The Kier molecular flexibility index (Phi) is 9.73. The van der Waals surface area contributed by atoms with Gasteiger partial charge in [0, 0.05) is 18.8 Å². The fourth-order valence-corrected chi connectivity index (χ4v) is 0.870. The second-order valence-electron chi connectivity index (χ2n) is 3.64. The van der Waals surface area contributed by atoms with E-state index in [1.54, 1.807) is 6.92 Å². The molecule has 0 atom stereocenters. The lowest BCUT2D eigenvalue weighted by Crippen LogP contribution is -2.13. The largest absolute Gasteiger partial charge is 0.466 e. The van der Waals surface area contributed by atoms with Crippen molar-refractivity contribution in [3.63, 3.8) is 0 Å². The van der Waals surface area contributed by atoms with Crippen molar-refractivity contribution in [1.29, 1.82) is 0 Å². The van der Waals surface area contributed by atoms with Crippen LogP contribution in [-0.4, -0.2) is 18.4 Å². The van der Waals surface area contributed by atoms with Gasteiger partial charge in [-0.05, 0) is 6.92 Å². The zero-order chi connectivity index (χ0) is 11.7. The summed E-state index contributed by atoms with van der Waals surface area (Å²) < 4.78 is 4.40. The molecule has 0 aromatic heterocycles. The Labute approximate surface area is 86.8 Å². The molecule has 0 fully saturated rings. The van der Waals surface area contributed by atoms with Crippen molar-refractivity contribution >= 4 is 11.8 Å². The maximum Gasteiger partial charge on any atom is 0.302 e. The Morgan fingerprint density at radius 1 is 1.07 bits per heavy atom. The summed E-state index contributed by atoms with van der Waals surface area (Å²) in [6, 6.07) is 0. The molecular formula is C11H22O3. The molecule has 0 heterocycles. The van der Waals surface area contributed by atoms with Crippen LogP contribution in [0.2, 0.25) is 0 Å². The second-order valence-corrected chi connectivity index (χ2v) is 3.64. The average molecular weight is 202 g/mol. The number of hydrogen-bond donors (Lipinski definition) is 0. The molecule has 0 aliphatic heterocycles. The van der Waals surface area contributed by atoms with Crippen LogP contribution >= 0.6 is 0 Å². The lowest BCUT2D eigenvalue weighted by atomic mass is 9.99. The molecule has 14 heavy (non-hydrogen) atoms. The smallest absolute Gasteiger partial charge is 0.302 e. The van der Waals surface area contributed by atoms with Gasteiger partial charge in [-0.2, -0.15) is 0 Å². The van der Waals surface area contributed by atoms with Crippen molar-refractivity contribution in [2.75, 3.05) is 6.61 Å². The van der Waals surface area contributed by atoms with Gasteiger partial charge in [0.25, 0.3) is 0 Å². The molecule has 0 N–H and O–H groups in total. The summed E-state index contributed by atoms with van der Waals surface area (Å²) in [5.74, 6) is 0.549. The first-order chi connectivity index (χ1) is 6.32. The molecule has 0 aliphatic rings. The minimum absolute atomic E-state index is 0.204. The van der Waals surface area contributed by atoms with Crippen LogP contribution in [0.15, 0.2) is 0 Å². The second kappa shape index (κ2) is 8.73. The van der Waals surface area contributed by atoms with Gasteiger partial charge in [-0.3, -0.25) is 9.59 Å². The zero-order valence-corrected chi connectivity index (χ0v) is 10.1. The van der Waals surface area contributed by atoms with Crippen LogP contribution in [0.5, 0.6) is 0 Å². The van der Waals surface area contributed by atoms with E-state index in [-0.39, 0.29) is 17.8 Å². The van der Waals surface area contributed by atoms with Crippen LogP contribution < -0.4 is 0 Å². The summed E-state index contributed by atoms with van der Waals surface area (Å²) >= 11 is 0. The number of Topliss-reactive ketones (excluding diaryl/α,β-unsaturated/α-hetero) is 1. The van der Waals surface area contributed by atoms with E-state index >= 15 is 0 Å². The van der Waals surface area contributed by atoms with Crippen molar-refractivity contribution < 1.29 is 14.3 Å². The SMILES string of the molecule is CC(C)C(=O)C(C)C.CCOC(C)=O. The number of carbonyl (C=O) groups excluding carboxylic acids is 2. The third kappa shape index (κ3) is 11.1. The Bertz CT molecular complexity index is 161. The van der Waals surface area contributed by atoms with Gasteiger partial charge in [0.15, 0.2) is 0 Å². The fraction of sp³-hybridized carbons (Fsp3) is 0.818. The van der Waals surface area contributed by atoms with E-state index in [1.807, 2.05) is 27.7 Å². The first kappa shape index (κ1) is 15.6. The Balaban J connectivity index is 0. The molecule has 0 radical (unpaired) electrons. The van der Waals surface area contributed by atoms with Gasteiger partial charge >= 0.3 is 5.97 Å². The highest BCUT2D eigenvalue weighted by Gasteiger charge is 2.09. The number of carbonyl (C=O) groups is 2. The molecule has 0 aromatic carbocycles. The number of ketones is 1. The molecule has 0 unspecified atom stereocenters. The van der Waals surface area contributed by atoms with Gasteiger partial charge in [-0.25, -0.2) is 0 Å².